The average Bonchev–Trinajstić information content (AvgIpc) is 2.88. The number of hydrogen-bond acceptors (Lipinski definition) is 5. The highest BCUT2D eigenvalue weighted by Gasteiger charge is 2.30. The third-order valence-electron chi connectivity index (χ3n) is 6.73. The fraction of sp³-hybridized carbons (Fsp3) is 0.379. The quantitative estimate of drug-likeness (QED) is 0.202. The van der Waals surface area contributed by atoms with Crippen molar-refractivity contribution in [2.45, 2.75) is 50.5 Å². The van der Waals surface area contributed by atoms with Crippen LogP contribution in [0.2, 0.25) is 0 Å². The molecular formula is C29H33BrN2O4S. The minimum Gasteiger partial charge on any atom is -0.494 e. The van der Waals surface area contributed by atoms with E-state index in [0.29, 0.717) is 12.2 Å². The molecule has 1 saturated heterocycles. The first-order chi connectivity index (χ1) is 17.7. The largest absolute Gasteiger partial charge is 0.494 e. The number of carbonyl (C=O) groups is 2. The number of halogens is 1. The van der Waals surface area contributed by atoms with Crippen LogP contribution >= 0.6 is 27.9 Å². The Labute approximate surface area is 231 Å². The molecule has 0 atom stereocenters. The second kappa shape index (κ2) is 12.3. The lowest BCUT2D eigenvalue weighted by Crippen LogP contribution is -2.47. The van der Waals surface area contributed by atoms with E-state index in [1.807, 2.05) is 44.2 Å². The molecule has 0 saturated carbocycles. The molecular weight excluding hydrogens is 552 g/mol. The highest BCUT2D eigenvalue weighted by molar-refractivity contribution is 9.10. The van der Waals surface area contributed by atoms with E-state index in [2.05, 4.69) is 43.8 Å². The molecule has 0 aliphatic carbocycles. The Morgan fingerprint density at radius 1 is 1.05 bits per heavy atom. The zero-order chi connectivity index (χ0) is 26.4. The number of nitrogens with one attached hydrogen (secondary N) is 1. The van der Waals surface area contributed by atoms with Gasteiger partial charge in [-0.2, -0.15) is 0 Å². The molecule has 0 radical (unpaired) electrons. The number of amides is 1. The normalized spacial score (nSPS) is 15.0. The Balaban J connectivity index is 1.17. The second-order valence-corrected chi connectivity index (χ2v) is 12.2. The van der Waals surface area contributed by atoms with Gasteiger partial charge in [0.2, 0.25) is 5.91 Å². The molecule has 3 aromatic rings. The van der Waals surface area contributed by atoms with E-state index < -0.39 is 11.4 Å². The maximum absolute atomic E-state index is 13.0. The summed E-state index contributed by atoms with van der Waals surface area (Å²) in [6.07, 6.45) is 3.33. The number of piperidine rings is 1. The summed E-state index contributed by atoms with van der Waals surface area (Å²) >= 11 is 5.15. The molecule has 3 aromatic carbocycles. The van der Waals surface area contributed by atoms with Crippen molar-refractivity contribution < 1.29 is 19.4 Å². The molecule has 0 spiro atoms. The SMILES string of the molecule is CC(C)(CCCOc1ccc2ccc(Br)cc2c1)C(=O)NC1CCN(Sc2ccc(C(=O)O)cc2)CC1. The van der Waals surface area contributed by atoms with Crippen molar-refractivity contribution >= 4 is 50.5 Å². The summed E-state index contributed by atoms with van der Waals surface area (Å²) in [5.41, 5.74) is -0.169. The predicted molar refractivity (Wildman–Crippen MR) is 152 cm³/mol. The number of hydrogen-bond donors (Lipinski definition) is 2. The highest BCUT2D eigenvalue weighted by atomic mass is 79.9. The van der Waals surface area contributed by atoms with Crippen molar-refractivity contribution in [3.05, 3.63) is 70.7 Å². The van der Waals surface area contributed by atoms with Gasteiger partial charge in [-0.3, -0.25) is 4.79 Å². The number of carboxylic acid groups (broad SMARTS) is 1. The summed E-state index contributed by atoms with van der Waals surface area (Å²) < 4.78 is 9.29. The summed E-state index contributed by atoms with van der Waals surface area (Å²) in [5, 5.41) is 14.6. The van der Waals surface area contributed by atoms with Crippen LogP contribution in [-0.2, 0) is 4.79 Å². The van der Waals surface area contributed by atoms with E-state index in [9.17, 15) is 9.59 Å². The molecule has 4 rings (SSSR count). The maximum Gasteiger partial charge on any atom is 0.335 e. The highest BCUT2D eigenvalue weighted by Crippen LogP contribution is 2.29. The van der Waals surface area contributed by atoms with Gasteiger partial charge >= 0.3 is 5.97 Å². The molecule has 1 aliphatic rings. The van der Waals surface area contributed by atoms with E-state index in [-0.39, 0.29) is 11.9 Å². The Kier molecular flexibility index (Phi) is 9.16. The van der Waals surface area contributed by atoms with E-state index in [1.165, 1.54) is 5.39 Å². The summed E-state index contributed by atoms with van der Waals surface area (Å²) in [6.45, 7) is 6.31. The van der Waals surface area contributed by atoms with Gasteiger partial charge in [0.1, 0.15) is 5.75 Å². The number of carbonyl (C=O) groups excluding carboxylic acids is 1. The first kappa shape index (κ1) is 27.5. The van der Waals surface area contributed by atoms with Crippen LogP contribution in [0.3, 0.4) is 0 Å². The summed E-state index contributed by atoms with van der Waals surface area (Å²) in [7, 11) is 0. The van der Waals surface area contributed by atoms with Gasteiger partial charge in [0.25, 0.3) is 0 Å². The van der Waals surface area contributed by atoms with Gasteiger partial charge in [-0.05, 0) is 96.9 Å². The van der Waals surface area contributed by atoms with Crippen LogP contribution in [0.25, 0.3) is 10.8 Å². The standard InChI is InChI=1S/C29H33BrN2O4S/c1-29(2,14-3-17-36-25-9-5-20-4-8-23(30)18-22(20)19-25)28(35)31-24-12-15-32(16-13-24)37-26-10-6-21(7-11-26)27(33)34/h4-11,18-19,24H,3,12-17H2,1-2H3,(H,31,35)(H,33,34). The topological polar surface area (TPSA) is 78.9 Å². The number of ether oxygens (including phenoxy) is 1. The fourth-order valence-corrected chi connectivity index (χ4v) is 5.71. The first-order valence-corrected chi connectivity index (χ1v) is 14.2. The van der Waals surface area contributed by atoms with Crippen LogP contribution in [0.15, 0.2) is 70.0 Å². The van der Waals surface area contributed by atoms with Crippen LogP contribution in [0, 0.1) is 5.41 Å². The Morgan fingerprint density at radius 3 is 2.46 bits per heavy atom. The minimum atomic E-state index is -0.915. The Morgan fingerprint density at radius 2 is 1.76 bits per heavy atom. The molecule has 6 nitrogen and oxygen atoms in total. The van der Waals surface area contributed by atoms with Gasteiger partial charge in [-0.15, -0.1) is 0 Å². The molecule has 0 unspecified atom stereocenters. The number of aromatic carboxylic acids is 1. The number of rotatable bonds is 10. The molecule has 8 heteroatoms. The summed E-state index contributed by atoms with van der Waals surface area (Å²) in [6, 6.07) is 19.4. The van der Waals surface area contributed by atoms with Gasteiger partial charge in [0.05, 0.1) is 12.2 Å². The van der Waals surface area contributed by atoms with Gasteiger partial charge in [0, 0.05) is 33.9 Å². The third-order valence-corrected chi connectivity index (χ3v) is 8.33. The summed E-state index contributed by atoms with van der Waals surface area (Å²) in [5.74, 6) is 0.0238. The molecule has 2 N–H and O–H groups in total. The minimum absolute atomic E-state index is 0.0958. The molecule has 1 amide bonds. The van der Waals surface area contributed by atoms with Crippen LogP contribution < -0.4 is 10.1 Å². The van der Waals surface area contributed by atoms with Gasteiger partial charge in [-0.25, -0.2) is 9.10 Å². The van der Waals surface area contributed by atoms with Crippen LogP contribution in [0.5, 0.6) is 5.75 Å². The van der Waals surface area contributed by atoms with Crippen molar-refractivity contribution in [2.75, 3.05) is 19.7 Å². The van der Waals surface area contributed by atoms with Gasteiger partial charge in [-0.1, -0.05) is 41.9 Å². The zero-order valence-corrected chi connectivity index (χ0v) is 23.6. The van der Waals surface area contributed by atoms with Crippen molar-refractivity contribution in [1.82, 2.24) is 9.62 Å². The molecule has 1 fully saturated rings. The molecule has 196 valence electrons. The van der Waals surface area contributed by atoms with Crippen molar-refractivity contribution in [3.63, 3.8) is 0 Å². The van der Waals surface area contributed by atoms with Crippen molar-refractivity contribution in [3.8, 4) is 5.75 Å². The van der Waals surface area contributed by atoms with Crippen LogP contribution in [0.4, 0.5) is 0 Å². The van der Waals surface area contributed by atoms with Crippen LogP contribution in [0.1, 0.15) is 49.9 Å². The lowest BCUT2D eigenvalue weighted by molar-refractivity contribution is -0.130. The predicted octanol–water partition coefficient (Wildman–Crippen LogP) is 6.77. The van der Waals surface area contributed by atoms with Crippen molar-refractivity contribution in [1.29, 1.82) is 0 Å². The first-order valence-electron chi connectivity index (χ1n) is 12.6. The maximum atomic E-state index is 13.0. The van der Waals surface area contributed by atoms with E-state index in [4.69, 9.17) is 9.84 Å². The fourth-order valence-electron chi connectivity index (χ4n) is 4.38. The number of carboxylic acids is 1. The molecule has 37 heavy (non-hydrogen) atoms. The van der Waals surface area contributed by atoms with E-state index >= 15 is 0 Å². The number of fused-ring (bicyclic) bond motifs is 1. The van der Waals surface area contributed by atoms with Crippen molar-refractivity contribution in [2.24, 2.45) is 5.41 Å². The van der Waals surface area contributed by atoms with E-state index in [0.717, 1.165) is 59.3 Å². The number of nitrogens with zero attached hydrogens (tertiary/aromatic N) is 1. The lowest BCUT2D eigenvalue weighted by atomic mass is 9.86. The third kappa shape index (κ3) is 7.72. The monoisotopic (exact) mass is 584 g/mol. The second-order valence-electron chi connectivity index (χ2n) is 10.1. The van der Waals surface area contributed by atoms with Gasteiger partial charge < -0.3 is 15.2 Å². The molecule has 0 bridgehead atoms. The zero-order valence-electron chi connectivity index (χ0n) is 21.2. The van der Waals surface area contributed by atoms with E-state index in [1.54, 1.807) is 24.1 Å². The molecule has 0 aromatic heterocycles. The molecule has 1 aliphatic heterocycles. The summed E-state index contributed by atoms with van der Waals surface area (Å²) in [4.78, 5) is 25.1. The Hall–Kier alpha value is -2.55. The number of benzene rings is 3. The average molecular weight is 586 g/mol. The van der Waals surface area contributed by atoms with Gasteiger partial charge in [0.15, 0.2) is 0 Å². The smallest absolute Gasteiger partial charge is 0.335 e. The van der Waals surface area contributed by atoms with Crippen LogP contribution in [-0.4, -0.2) is 47.0 Å². The Bertz CT molecular complexity index is 1240. The lowest BCUT2D eigenvalue weighted by Gasteiger charge is -2.33. The molecule has 1 heterocycles.